The molecule has 1 aliphatic rings. The SMILES string of the molecule is CC1CCc2cc(C(=O)O)sc2C1. The molecular weight excluding hydrogens is 184 g/mol. The minimum absolute atomic E-state index is 0.499. The van der Waals surface area contributed by atoms with E-state index in [1.54, 1.807) is 0 Å². The summed E-state index contributed by atoms with van der Waals surface area (Å²) in [6, 6.07) is 1.84. The Bertz CT molecular complexity index is 341. The molecule has 0 radical (unpaired) electrons. The van der Waals surface area contributed by atoms with Gasteiger partial charge in [-0.25, -0.2) is 4.79 Å². The van der Waals surface area contributed by atoms with Gasteiger partial charge in [-0.1, -0.05) is 6.92 Å². The number of aryl methyl sites for hydroxylation is 1. The largest absolute Gasteiger partial charge is 0.477 e. The first-order valence-electron chi connectivity index (χ1n) is 4.51. The van der Waals surface area contributed by atoms with Crippen LogP contribution in [0.1, 0.15) is 33.5 Å². The molecule has 2 rings (SSSR count). The molecule has 2 nitrogen and oxygen atoms in total. The third kappa shape index (κ3) is 1.61. The van der Waals surface area contributed by atoms with Crippen LogP contribution < -0.4 is 0 Å². The van der Waals surface area contributed by atoms with Crippen LogP contribution >= 0.6 is 11.3 Å². The monoisotopic (exact) mass is 196 g/mol. The second kappa shape index (κ2) is 3.14. The highest BCUT2D eigenvalue weighted by molar-refractivity contribution is 7.14. The van der Waals surface area contributed by atoms with Gasteiger partial charge in [0.05, 0.1) is 0 Å². The van der Waals surface area contributed by atoms with E-state index in [0.29, 0.717) is 10.8 Å². The molecule has 0 bridgehead atoms. The Labute approximate surface area is 81.2 Å². The van der Waals surface area contributed by atoms with Crippen LogP contribution in [0, 0.1) is 5.92 Å². The minimum atomic E-state index is -0.785. The number of hydrogen-bond acceptors (Lipinski definition) is 2. The molecule has 0 aromatic carbocycles. The highest BCUT2D eigenvalue weighted by atomic mass is 32.1. The number of carbonyl (C=O) groups is 1. The predicted octanol–water partition coefficient (Wildman–Crippen LogP) is 2.57. The Hall–Kier alpha value is -0.830. The van der Waals surface area contributed by atoms with Crippen LogP contribution in [0.25, 0.3) is 0 Å². The summed E-state index contributed by atoms with van der Waals surface area (Å²) >= 11 is 1.45. The third-order valence-corrected chi connectivity index (χ3v) is 3.74. The Morgan fingerprint density at radius 1 is 1.69 bits per heavy atom. The molecule has 1 aliphatic carbocycles. The van der Waals surface area contributed by atoms with Crippen molar-refractivity contribution in [1.82, 2.24) is 0 Å². The average Bonchev–Trinajstić information content (AvgIpc) is 2.46. The normalized spacial score (nSPS) is 21.2. The van der Waals surface area contributed by atoms with Crippen LogP contribution in [-0.2, 0) is 12.8 Å². The van der Waals surface area contributed by atoms with Crippen molar-refractivity contribution in [3.05, 3.63) is 21.4 Å². The summed E-state index contributed by atoms with van der Waals surface area (Å²) in [7, 11) is 0. The number of carboxylic acid groups (broad SMARTS) is 1. The number of aromatic carboxylic acids is 1. The predicted molar refractivity (Wildman–Crippen MR) is 52.5 cm³/mol. The first-order chi connectivity index (χ1) is 6.16. The standard InChI is InChI=1S/C10H12O2S/c1-6-2-3-7-5-9(10(11)12)13-8(7)4-6/h5-6H,2-4H2,1H3,(H,11,12). The smallest absolute Gasteiger partial charge is 0.345 e. The fourth-order valence-corrected chi connectivity index (χ4v) is 2.99. The molecule has 0 saturated heterocycles. The molecule has 1 heterocycles. The van der Waals surface area contributed by atoms with Crippen molar-refractivity contribution in [3.63, 3.8) is 0 Å². The van der Waals surface area contributed by atoms with Crippen LogP contribution in [-0.4, -0.2) is 11.1 Å². The van der Waals surface area contributed by atoms with E-state index in [0.717, 1.165) is 12.8 Å². The van der Waals surface area contributed by atoms with Gasteiger partial charge in [0.2, 0.25) is 0 Å². The molecule has 1 N–H and O–H groups in total. The van der Waals surface area contributed by atoms with Gasteiger partial charge in [0.1, 0.15) is 4.88 Å². The lowest BCUT2D eigenvalue weighted by Gasteiger charge is -2.16. The van der Waals surface area contributed by atoms with Crippen LogP contribution in [0.5, 0.6) is 0 Å². The van der Waals surface area contributed by atoms with E-state index in [2.05, 4.69) is 6.92 Å². The first kappa shape index (κ1) is 8.75. The van der Waals surface area contributed by atoms with Crippen LogP contribution in [0.3, 0.4) is 0 Å². The molecule has 0 spiro atoms. The summed E-state index contributed by atoms with van der Waals surface area (Å²) in [5.41, 5.74) is 1.26. The molecule has 0 saturated carbocycles. The highest BCUT2D eigenvalue weighted by Gasteiger charge is 2.19. The maximum atomic E-state index is 10.7. The molecule has 1 atom stereocenters. The molecule has 1 aromatic heterocycles. The van der Waals surface area contributed by atoms with Gasteiger partial charge < -0.3 is 5.11 Å². The molecule has 70 valence electrons. The maximum absolute atomic E-state index is 10.7. The second-order valence-electron chi connectivity index (χ2n) is 3.71. The Kier molecular flexibility index (Phi) is 2.12. The average molecular weight is 196 g/mol. The van der Waals surface area contributed by atoms with Crippen LogP contribution in [0.4, 0.5) is 0 Å². The topological polar surface area (TPSA) is 37.3 Å². The van der Waals surface area contributed by atoms with Crippen molar-refractivity contribution >= 4 is 17.3 Å². The molecule has 1 unspecified atom stereocenters. The Morgan fingerprint density at radius 2 is 2.46 bits per heavy atom. The van der Waals surface area contributed by atoms with Crippen molar-refractivity contribution in [2.24, 2.45) is 5.92 Å². The van der Waals surface area contributed by atoms with Gasteiger partial charge in [0, 0.05) is 4.88 Å². The van der Waals surface area contributed by atoms with E-state index < -0.39 is 5.97 Å². The Morgan fingerprint density at radius 3 is 3.15 bits per heavy atom. The molecule has 0 amide bonds. The summed E-state index contributed by atoms with van der Waals surface area (Å²) in [5.74, 6) is -0.0696. The fourth-order valence-electron chi connectivity index (χ4n) is 1.78. The quantitative estimate of drug-likeness (QED) is 0.749. The molecule has 0 aliphatic heterocycles. The van der Waals surface area contributed by atoms with Crippen molar-refractivity contribution in [2.45, 2.75) is 26.2 Å². The highest BCUT2D eigenvalue weighted by Crippen LogP contribution is 2.32. The van der Waals surface area contributed by atoms with Gasteiger partial charge in [0.25, 0.3) is 0 Å². The summed E-state index contributed by atoms with van der Waals surface area (Å²) in [6.07, 6.45) is 3.32. The number of fused-ring (bicyclic) bond motifs is 1. The molecule has 0 fully saturated rings. The van der Waals surface area contributed by atoms with Gasteiger partial charge in [-0.3, -0.25) is 0 Å². The van der Waals surface area contributed by atoms with E-state index in [-0.39, 0.29) is 0 Å². The van der Waals surface area contributed by atoms with Crippen molar-refractivity contribution in [1.29, 1.82) is 0 Å². The number of hydrogen-bond donors (Lipinski definition) is 1. The van der Waals surface area contributed by atoms with Crippen molar-refractivity contribution in [3.8, 4) is 0 Å². The summed E-state index contributed by atoms with van der Waals surface area (Å²) < 4.78 is 0. The first-order valence-corrected chi connectivity index (χ1v) is 5.33. The molecule has 13 heavy (non-hydrogen) atoms. The lowest BCUT2D eigenvalue weighted by atomic mass is 9.90. The minimum Gasteiger partial charge on any atom is -0.477 e. The molecule has 3 heteroatoms. The molecule has 1 aromatic rings. The zero-order valence-corrected chi connectivity index (χ0v) is 8.36. The third-order valence-electron chi connectivity index (χ3n) is 2.55. The van der Waals surface area contributed by atoms with E-state index >= 15 is 0 Å². The summed E-state index contributed by atoms with van der Waals surface area (Å²) in [6.45, 7) is 2.23. The fraction of sp³-hybridized carbons (Fsp3) is 0.500. The summed E-state index contributed by atoms with van der Waals surface area (Å²) in [5, 5.41) is 8.81. The zero-order valence-electron chi connectivity index (χ0n) is 7.54. The Balaban J connectivity index is 2.33. The second-order valence-corrected chi connectivity index (χ2v) is 4.85. The van der Waals surface area contributed by atoms with E-state index in [1.165, 1.54) is 28.2 Å². The van der Waals surface area contributed by atoms with Crippen LogP contribution in [0.2, 0.25) is 0 Å². The van der Waals surface area contributed by atoms with Crippen molar-refractivity contribution in [2.75, 3.05) is 0 Å². The number of carboxylic acids is 1. The number of rotatable bonds is 1. The number of thiophene rings is 1. The van der Waals surface area contributed by atoms with Gasteiger partial charge in [-0.15, -0.1) is 11.3 Å². The lowest BCUT2D eigenvalue weighted by Crippen LogP contribution is -2.07. The maximum Gasteiger partial charge on any atom is 0.345 e. The van der Waals surface area contributed by atoms with Crippen LogP contribution in [0.15, 0.2) is 6.07 Å². The lowest BCUT2D eigenvalue weighted by molar-refractivity contribution is 0.0702. The van der Waals surface area contributed by atoms with Gasteiger partial charge >= 0.3 is 5.97 Å². The zero-order chi connectivity index (χ0) is 9.42. The van der Waals surface area contributed by atoms with Gasteiger partial charge in [-0.2, -0.15) is 0 Å². The van der Waals surface area contributed by atoms with Gasteiger partial charge in [0.15, 0.2) is 0 Å². The summed E-state index contributed by atoms with van der Waals surface area (Å²) in [4.78, 5) is 12.5. The van der Waals surface area contributed by atoms with E-state index in [4.69, 9.17) is 5.11 Å². The van der Waals surface area contributed by atoms with Gasteiger partial charge in [-0.05, 0) is 36.8 Å². The molecular formula is C10H12O2S. The van der Waals surface area contributed by atoms with E-state index in [1.807, 2.05) is 6.07 Å². The van der Waals surface area contributed by atoms with Crippen molar-refractivity contribution < 1.29 is 9.90 Å². The van der Waals surface area contributed by atoms with E-state index in [9.17, 15) is 4.79 Å².